The first-order valence-corrected chi connectivity index (χ1v) is 5.32. The number of benzene rings is 1. The van der Waals surface area contributed by atoms with Crippen LogP contribution in [-0.4, -0.2) is 11.9 Å². The Morgan fingerprint density at radius 1 is 1.44 bits per heavy atom. The van der Waals surface area contributed by atoms with Gasteiger partial charge in [0.15, 0.2) is 0 Å². The van der Waals surface area contributed by atoms with Gasteiger partial charge in [0, 0.05) is 18.5 Å². The van der Waals surface area contributed by atoms with Crippen LogP contribution in [0.25, 0.3) is 0 Å². The fourth-order valence-electron chi connectivity index (χ4n) is 1.63. The highest BCUT2D eigenvalue weighted by Gasteiger charge is 2.15. The minimum Gasteiger partial charge on any atom is -0.427 e. The maximum atomic E-state index is 11.1. The van der Waals surface area contributed by atoms with Crippen LogP contribution in [0.1, 0.15) is 25.3 Å². The topological polar surface area (TPSA) is 55.4 Å². The SMILES string of the molecule is CCC(=O)Oc1ccc2c(c1)CCC(=O)N2. The van der Waals surface area contributed by atoms with Gasteiger partial charge in [0.1, 0.15) is 5.75 Å². The van der Waals surface area contributed by atoms with Gasteiger partial charge in [-0.1, -0.05) is 6.92 Å². The summed E-state index contributed by atoms with van der Waals surface area (Å²) in [6, 6.07) is 5.27. The van der Waals surface area contributed by atoms with Crippen LogP contribution in [-0.2, 0) is 16.0 Å². The van der Waals surface area contributed by atoms with Gasteiger partial charge in [-0.2, -0.15) is 0 Å². The molecule has 16 heavy (non-hydrogen) atoms. The molecule has 0 atom stereocenters. The molecular formula is C12H13NO3. The highest BCUT2D eigenvalue weighted by atomic mass is 16.5. The van der Waals surface area contributed by atoms with Crippen molar-refractivity contribution in [3.05, 3.63) is 23.8 Å². The van der Waals surface area contributed by atoms with E-state index in [-0.39, 0.29) is 11.9 Å². The van der Waals surface area contributed by atoms with Gasteiger partial charge < -0.3 is 10.1 Å². The maximum Gasteiger partial charge on any atom is 0.310 e. The largest absolute Gasteiger partial charge is 0.427 e. The van der Waals surface area contributed by atoms with Crippen LogP contribution >= 0.6 is 0 Å². The number of hydrogen-bond acceptors (Lipinski definition) is 3. The Hall–Kier alpha value is -1.84. The fraction of sp³-hybridized carbons (Fsp3) is 0.333. The predicted octanol–water partition coefficient (Wildman–Crippen LogP) is 1.89. The summed E-state index contributed by atoms with van der Waals surface area (Å²) < 4.78 is 5.10. The summed E-state index contributed by atoms with van der Waals surface area (Å²) >= 11 is 0. The van der Waals surface area contributed by atoms with Crippen LogP contribution < -0.4 is 10.1 Å². The lowest BCUT2D eigenvalue weighted by molar-refractivity contribution is -0.134. The normalized spacial score (nSPS) is 13.9. The number of amides is 1. The summed E-state index contributed by atoms with van der Waals surface area (Å²) in [5, 5.41) is 2.77. The lowest BCUT2D eigenvalue weighted by Crippen LogP contribution is -2.19. The Labute approximate surface area is 93.6 Å². The second-order valence-electron chi connectivity index (χ2n) is 3.69. The van der Waals surface area contributed by atoms with Crippen molar-refractivity contribution in [1.29, 1.82) is 0 Å². The Morgan fingerprint density at radius 2 is 2.25 bits per heavy atom. The number of esters is 1. The third-order valence-corrected chi connectivity index (χ3v) is 2.49. The average Bonchev–Trinajstić information content (AvgIpc) is 2.29. The molecule has 0 aliphatic carbocycles. The van der Waals surface area contributed by atoms with Gasteiger partial charge in [0.25, 0.3) is 0 Å². The molecule has 1 aromatic rings. The monoisotopic (exact) mass is 219 g/mol. The van der Waals surface area contributed by atoms with E-state index in [4.69, 9.17) is 4.74 Å². The van der Waals surface area contributed by atoms with Gasteiger partial charge in [0.2, 0.25) is 5.91 Å². The van der Waals surface area contributed by atoms with Gasteiger partial charge >= 0.3 is 5.97 Å². The Kier molecular flexibility index (Phi) is 2.90. The van der Waals surface area contributed by atoms with Crippen molar-refractivity contribution in [2.24, 2.45) is 0 Å². The quantitative estimate of drug-likeness (QED) is 0.610. The Morgan fingerprint density at radius 3 is 3.00 bits per heavy atom. The molecule has 0 saturated carbocycles. The summed E-state index contributed by atoms with van der Waals surface area (Å²) in [5.74, 6) is 0.326. The zero-order chi connectivity index (χ0) is 11.5. The molecule has 0 unspecified atom stereocenters. The number of rotatable bonds is 2. The lowest BCUT2D eigenvalue weighted by atomic mass is 10.0. The molecule has 84 valence electrons. The van der Waals surface area contributed by atoms with E-state index < -0.39 is 0 Å². The van der Waals surface area contributed by atoms with E-state index in [2.05, 4.69) is 5.32 Å². The van der Waals surface area contributed by atoms with Gasteiger partial charge in [-0.05, 0) is 30.2 Å². The number of nitrogens with one attached hydrogen (secondary N) is 1. The van der Waals surface area contributed by atoms with Crippen molar-refractivity contribution in [1.82, 2.24) is 0 Å². The second-order valence-corrected chi connectivity index (χ2v) is 3.69. The number of ether oxygens (including phenoxy) is 1. The van der Waals surface area contributed by atoms with E-state index in [0.29, 0.717) is 25.0 Å². The van der Waals surface area contributed by atoms with Crippen molar-refractivity contribution in [2.75, 3.05) is 5.32 Å². The van der Waals surface area contributed by atoms with Crippen molar-refractivity contribution >= 4 is 17.6 Å². The van der Waals surface area contributed by atoms with Crippen LogP contribution in [0.5, 0.6) is 5.75 Å². The molecule has 4 heteroatoms. The smallest absolute Gasteiger partial charge is 0.310 e. The molecule has 2 rings (SSSR count). The van der Waals surface area contributed by atoms with Crippen LogP contribution in [0.15, 0.2) is 18.2 Å². The third kappa shape index (κ3) is 2.21. The van der Waals surface area contributed by atoms with Crippen LogP contribution in [0, 0.1) is 0 Å². The molecule has 1 amide bonds. The molecular weight excluding hydrogens is 206 g/mol. The first-order chi connectivity index (χ1) is 7.69. The standard InChI is InChI=1S/C12H13NO3/c1-2-12(15)16-9-4-5-10-8(7-9)3-6-11(14)13-10/h4-5,7H,2-3,6H2,1H3,(H,13,14). The summed E-state index contributed by atoms with van der Waals surface area (Å²) in [7, 11) is 0. The number of carbonyl (C=O) groups is 2. The minimum atomic E-state index is -0.250. The molecule has 0 fully saturated rings. The first kappa shape index (κ1) is 10.7. The van der Waals surface area contributed by atoms with E-state index in [0.717, 1.165) is 11.3 Å². The molecule has 1 aromatic carbocycles. The molecule has 1 heterocycles. The Bertz CT molecular complexity index is 440. The third-order valence-electron chi connectivity index (χ3n) is 2.49. The lowest BCUT2D eigenvalue weighted by Gasteiger charge is -2.17. The number of aryl methyl sites for hydroxylation is 1. The van der Waals surface area contributed by atoms with Gasteiger partial charge in [-0.25, -0.2) is 0 Å². The first-order valence-electron chi connectivity index (χ1n) is 5.32. The van der Waals surface area contributed by atoms with Gasteiger partial charge in [-0.3, -0.25) is 9.59 Å². The van der Waals surface area contributed by atoms with E-state index in [1.54, 1.807) is 19.1 Å². The number of carbonyl (C=O) groups excluding carboxylic acids is 2. The zero-order valence-electron chi connectivity index (χ0n) is 9.08. The fourth-order valence-corrected chi connectivity index (χ4v) is 1.63. The molecule has 1 aliphatic rings. The summed E-state index contributed by atoms with van der Waals surface area (Å²) in [6.45, 7) is 1.75. The van der Waals surface area contributed by atoms with E-state index in [1.807, 2.05) is 6.07 Å². The van der Waals surface area contributed by atoms with Crippen molar-refractivity contribution in [3.8, 4) is 5.75 Å². The zero-order valence-corrected chi connectivity index (χ0v) is 9.08. The molecule has 0 radical (unpaired) electrons. The van der Waals surface area contributed by atoms with Crippen molar-refractivity contribution < 1.29 is 14.3 Å². The number of hydrogen-bond donors (Lipinski definition) is 1. The van der Waals surface area contributed by atoms with Crippen molar-refractivity contribution in [3.63, 3.8) is 0 Å². The second kappa shape index (κ2) is 4.35. The highest BCUT2D eigenvalue weighted by Crippen LogP contribution is 2.26. The molecule has 1 aliphatic heterocycles. The van der Waals surface area contributed by atoms with Crippen LogP contribution in [0.2, 0.25) is 0 Å². The Balaban J connectivity index is 2.19. The number of fused-ring (bicyclic) bond motifs is 1. The highest BCUT2D eigenvalue weighted by molar-refractivity contribution is 5.94. The molecule has 4 nitrogen and oxygen atoms in total. The molecule has 0 aromatic heterocycles. The summed E-state index contributed by atoms with van der Waals surface area (Å²) in [4.78, 5) is 22.2. The molecule has 0 spiro atoms. The minimum absolute atomic E-state index is 0.0332. The van der Waals surface area contributed by atoms with E-state index in [1.165, 1.54) is 0 Å². The van der Waals surface area contributed by atoms with E-state index in [9.17, 15) is 9.59 Å². The van der Waals surface area contributed by atoms with Gasteiger partial charge in [0.05, 0.1) is 0 Å². The summed E-state index contributed by atoms with van der Waals surface area (Å²) in [5.41, 5.74) is 1.83. The van der Waals surface area contributed by atoms with Crippen LogP contribution in [0.3, 0.4) is 0 Å². The maximum absolute atomic E-state index is 11.1. The molecule has 0 saturated heterocycles. The number of anilines is 1. The van der Waals surface area contributed by atoms with E-state index >= 15 is 0 Å². The molecule has 1 N–H and O–H groups in total. The molecule has 0 bridgehead atoms. The van der Waals surface area contributed by atoms with Crippen LogP contribution in [0.4, 0.5) is 5.69 Å². The van der Waals surface area contributed by atoms with Gasteiger partial charge in [-0.15, -0.1) is 0 Å². The summed E-state index contributed by atoms with van der Waals surface area (Å²) in [6.07, 6.45) is 1.53. The average molecular weight is 219 g/mol. The van der Waals surface area contributed by atoms with Crippen molar-refractivity contribution in [2.45, 2.75) is 26.2 Å². The predicted molar refractivity (Wildman–Crippen MR) is 59.3 cm³/mol.